The molecule has 0 aromatic rings. The Bertz CT molecular complexity index is 223. The van der Waals surface area contributed by atoms with Crippen LogP contribution in [0.25, 0.3) is 0 Å². The van der Waals surface area contributed by atoms with E-state index < -0.39 is 0 Å². The molecule has 0 aliphatic carbocycles. The summed E-state index contributed by atoms with van der Waals surface area (Å²) in [5.41, 5.74) is 5.43. The highest BCUT2D eigenvalue weighted by Crippen LogP contribution is 2.20. The van der Waals surface area contributed by atoms with Gasteiger partial charge in [-0.1, -0.05) is 0 Å². The molecule has 0 aromatic heterocycles. The first kappa shape index (κ1) is 14.3. The van der Waals surface area contributed by atoms with E-state index in [0.717, 1.165) is 18.9 Å². The van der Waals surface area contributed by atoms with Gasteiger partial charge in [-0.25, -0.2) is 0 Å². The highest BCUT2D eigenvalue weighted by molar-refractivity contribution is 4.77. The van der Waals surface area contributed by atoms with Crippen LogP contribution in [0.15, 0.2) is 0 Å². The number of rotatable bonds is 6. The second-order valence-corrected chi connectivity index (χ2v) is 5.97. The van der Waals surface area contributed by atoms with Gasteiger partial charge in [0.2, 0.25) is 0 Å². The zero-order valence-corrected chi connectivity index (χ0v) is 11.6. The van der Waals surface area contributed by atoms with Crippen molar-refractivity contribution in [1.29, 1.82) is 0 Å². The molecule has 4 nitrogen and oxygen atoms in total. The van der Waals surface area contributed by atoms with Crippen molar-refractivity contribution in [3.63, 3.8) is 0 Å². The molecule has 0 aromatic carbocycles. The highest BCUT2D eigenvalue weighted by Gasteiger charge is 2.22. The lowest BCUT2D eigenvalue weighted by Gasteiger charge is -2.34. The van der Waals surface area contributed by atoms with Crippen LogP contribution in [0.2, 0.25) is 0 Å². The topological polar surface area (TPSA) is 52.7 Å². The molecule has 2 aliphatic heterocycles. The van der Waals surface area contributed by atoms with Crippen LogP contribution < -0.4 is 5.73 Å². The predicted molar refractivity (Wildman–Crippen MR) is 74.5 cm³/mol. The van der Waals surface area contributed by atoms with Gasteiger partial charge in [0, 0.05) is 19.6 Å². The van der Waals surface area contributed by atoms with E-state index in [-0.39, 0.29) is 6.10 Å². The Morgan fingerprint density at radius 2 is 1.72 bits per heavy atom. The minimum Gasteiger partial charge on any atom is -0.392 e. The Labute approximate surface area is 111 Å². The van der Waals surface area contributed by atoms with Crippen molar-refractivity contribution in [1.82, 2.24) is 9.80 Å². The summed E-state index contributed by atoms with van der Waals surface area (Å²) in [5.74, 6) is 0.902. The van der Waals surface area contributed by atoms with Gasteiger partial charge in [-0.2, -0.15) is 0 Å². The molecular weight excluding hydrogens is 226 g/mol. The first-order valence-electron chi connectivity index (χ1n) is 7.61. The van der Waals surface area contributed by atoms with Crippen LogP contribution in [0.1, 0.15) is 32.1 Å². The van der Waals surface area contributed by atoms with Gasteiger partial charge in [0.25, 0.3) is 0 Å². The smallest absolute Gasteiger partial charge is 0.0674 e. The molecule has 2 saturated heterocycles. The van der Waals surface area contributed by atoms with E-state index in [0.29, 0.717) is 6.54 Å². The maximum atomic E-state index is 9.47. The maximum absolute atomic E-state index is 9.47. The van der Waals surface area contributed by atoms with Crippen LogP contribution in [0.5, 0.6) is 0 Å². The van der Waals surface area contributed by atoms with Gasteiger partial charge in [-0.15, -0.1) is 0 Å². The summed E-state index contributed by atoms with van der Waals surface area (Å²) in [5, 5.41) is 9.47. The zero-order valence-electron chi connectivity index (χ0n) is 11.6. The van der Waals surface area contributed by atoms with Crippen LogP contribution in [-0.4, -0.2) is 66.8 Å². The molecule has 4 heteroatoms. The van der Waals surface area contributed by atoms with E-state index in [4.69, 9.17) is 5.73 Å². The van der Waals surface area contributed by atoms with Gasteiger partial charge in [0.05, 0.1) is 6.10 Å². The molecule has 2 rings (SSSR count). The number of piperidine rings is 1. The molecule has 0 amide bonds. The Kier molecular flexibility index (Phi) is 5.89. The molecule has 2 aliphatic rings. The van der Waals surface area contributed by atoms with Crippen molar-refractivity contribution >= 4 is 0 Å². The monoisotopic (exact) mass is 255 g/mol. The van der Waals surface area contributed by atoms with Gasteiger partial charge < -0.3 is 20.6 Å². The van der Waals surface area contributed by atoms with Crippen LogP contribution in [-0.2, 0) is 0 Å². The normalized spacial score (nSPS) is 25.7. The lowest BCUT2D eigenvalue weighted by atomic mass is 9.96. The van der Waals surface area contributed by atoms with E-state index in [2.05, 4.69) is 9.80 Å². The molecule has 0 radical (unpaired) electrons. The Morgan fingerprint density at radius 3 is 2.33 bits per heavy atom. The van der Waals surface area contributed by atoms with Crippen LogP contribution in [0.3, 0.4) is 0 Å². The van der Waals surface area contributed by atoms with E-state index >= 15 is 0 Å². The molecule has 18 heavy (non-hydrogen) atoms. The second kappa shape index (κ2) is 7.43. The fourth-order valence-corrected chi connectivity index (χ4v) is 3.17. The number of likely N-dealkylation sites (tertiary alicyclic amines) is 2. The fourth-order valence-electron chi connectivity index (χ4n) is 3.17. The molecule has 106 valence electrons. The number of hydrogen-bond acceptors (Lipinski definition) is 4. The SMILES string of the molecule is NCC(O)CCN1CCC(CN2CCCC2)CC1. The minimum atomic E-state index is -0.313. The van der Waals surface area contributed by atoms with Crippen LogP contribution >= 0.6 is 0 Å². The Hall–Kier alpha value is -0.160. The lowest BCUT2D eigenvalue weighted by molar-refractivity contribution is 0.118. The van der Waals surface area contributed by atoms with Gasteiger partial charge in [0.1, 0.15) is 0 Å². The van der Waals surface area contributed by atoms with Crippen molar-refractivity contribution in [3.8, 4) is 0 Å². The van der Waals surface area contributed by atoms with Gasteiger partial charge in [0.15, 0.2) is 0 Å². The standard InChI is InChI=1S/C14H29N3O/c15-11-14(18)5-10-16-8-3-13(4-9-16)12-17-6-1-2-7-17/h13-14,18H,1-12,15H2. The van der Waals surface area contributed by atoms with E-state index in [9.17, 15) is 5.11 Å². The summed E-state index contributed by atoms with van der Waals surface area (Å²) in [6.07, 6.45) is 5.97. The van der Waals surface area contributed by atoms with Crippen molar-refractivity contribution in [3.05, 3.63) is 0 Å². The summed E-state index contributed by atoms with van der Waals surface area (Å²) < 4.78 is 0. The number of nitrogens with two attached hydrogens (primary N) is 1. The van der Waals surface area contributed by atoms with E-state index in [1.807, 2.05) is 0 Å². The lowest BCUT2D eigenvalue weighted by Crippen LogP contribution is -2.39. The summed E-state index contributed by atoms with van der Waals surface area (Å²) in [6, 6.07) is 0. The van der Waals surface area contributed by atoms with Gasteiger partial charge in [-0.05, 0) is 64.2 Å². The first-order chi connectivity index (χ1) is 8.78. The van der Waals surface area contributed by atoms with E-state index in [1.165, 1.54) is 58.4 Å². The molecule has 2 fully saturated rings. The summed E-state index contributed by atoms with van der Waals surface area (Å²) in [6.45, 7) is 7.77. The molecule has 3 N–H and O–H groups in total. The quantitative estimate of drug-likeness (QED) is 0.726. The molecule has 0 saturated carbocycles. The zero-order chi connectivity index (χ0) is 12.8. The van der Waals surface area contributed by atoms with Crippen LogP contribution in [0.4, 0.5) is 0 Å². The molecule has 0 spiro atoms. The third kappa shape index (κ3) is 4.50. The molecule has 2 heterocycles. The van der Waals surface area contributed by atoms with Crippen molar-refractivity contribution in [2.45, 2.75) is 38.2 Å². The van der Waals surface area contributed by atoms with Gasteiger partial charge >= 0.3 is 0 Å². The average molecular weight is 255 g/mol. The number of nitrogens with zero attached hydrogens (tertiary/aromatic N) is 2. The summed E-state index contributed by atoms with van der Waals surface area (Å²) in [7, 11) is 0. The third-order valence-electron chi connectivity index (χ3n) is 4.47. The van der Waals surface area contributed by atoms with Gasteiger partial charge in [-0.3, -0.25) is 0 Å². The highest BCUT2D eigenvalue weighted by atomic mass is 16.3. The number of aliphatic hydroxyl groups excluding tert-OH is 1. The molecule has 1 atom stereocenters. The third-order valence-corrected chi connectivity index (χ3v) is 4.47. The van der Waals surface area contributed by atoms with Crippen molar-refractivity contribution in [2.24, 2.45) is 11.7 Å². The molecule has 1 unspecified atom stereocenters. The maximum Gasteiger partial charge on any atom is 0.0674 e. The Balaban J connectivity index is 1.58. The minimum absolute atomic E-state index is 0.313. The largest absolute Gasteiger partial charge is 0.392 e. The Morgan fingerprint density at radius 1 is 1.06 bits per heavy atom. The first-order valence-corrected chi connectivity index (χ1v) is 7.61. The fraction of sp³-hybridized carbons (Fsp3) is 1.00. The molecule has 0 bridgehead atoms. The second-order valence-electron chi connectivity index (χ2n) is 5.97. The average Bonchev–Trinajstić information content (AvgIpc) is 2.90. The van der Waals surface area contributed by atoms with Crippen LogP contribution in [0, 0.1) is 5.92 Å². The number of aliphatic hydroxyl groups is 1. The summed E-state index contributed by atoms with van der Waals surface area (Å²) in [4.78, 5) is 5.12. The number of hydrogen-bond donors (Lipinski definition) is 2. The van der Waals surface area contributed by atoms with Crippen molar-refractivity contribution in [2.75, 3.05) is 45.8 Å². The molecular formula is C14H29N3O. The van der Waals surface area contributed by atoms with Crippen molar-refractivity contribution < 1.29 is 5.11 Å². The predicted octanol–water partition coefficient (Wildman–Crippen LogP) is 0.504. The van der Waals surface area contributed by atoms with E-state index in [1.54, 1.807) is 0 Å². The summed E-state index contributed by atoms with van der Waals surface area (Å²) >= 11 is 0.